The number of piperidine rings is 1. The van der Waals surface area contributed by atoms with E-state index in [0.717, 1.165) is 30.6 Å². The van der Waals surface area contributed by atoms with Gasteiger partial charge in [0.1, 0.15) is 6.33 Å². The molecule has 0 amide bonds. The van der Waals surface area contributed by atoms with Crippen LogP contribution in [0.5, 0.6) is 0 Å². The van der Waals surface area contributed by atoms with Crippen LogP contribution in [0.1, 0.15) is 38.4 Å². The molecule has 0 spiro atoms. The van der Waals surface area contributed by atoms with Crippen molar-refractivity contribution in [3.05, 3.63) is 24.3 Å². The third-order valence-electron chi connectivity index (χ3n) is 4.13. The maximum absolute atomic E-state index is 5.93. The first-order valence-electron chi connectivity index (χ1n) is 6.92. The van der Waals surface area contributed by atoms with Crippen molar-refractivity contribution in [3.63, 3.8) is 0 Å². The Hall–Kier alpha value is -1.00. The van der Waals surface area contributed by atoms with Gasteiger partial charge in [-0.25, -0.2) is 9.97 Å². The maximum Gasteiger partial charge on any atom is 0.115 e. The van der Waals surface area contributed by atoms with E-state index in [9.17, 15) is 0 Å². The fourth-order valence-electron chi connectivity index (χ4n) is 2.85. The van der Waals surface area contributed by atoms with Gasteiger partial charge in [-0.2, -0.15) is 0 Å². The molecule has 0 aliphatic carbocycles. The van der Waals surface area contributed by atoms with E-state index >= 15 is 0 Å². The third kappa shape index (κ3) is 3.06. The molecule has 1 unspecified atom stereocenters. The van der Waals surface area contributed by atoms with Crippen LogP contribution < -0.4 is 5.73 Å². The summed E-state index contributed by atoms with van der Waals surface area (Å²) in [5.41, 5.74) is 6.98. The van der Waals surface area contributed by atoms with E-state index in [1.54, 1.807) is 12.5 Å². The number of rotatable bonds is 4. The zero-order valence-corrected chi connectivity index (χ0v) is 11.4. The molecule has 1 atom stereocenters. The van der Waals surface area contributed by atoms with E-state index in [0.29, 0.717) is 6.54 Å². The van der Waals surface area contributed by atoms with Gasteiger partial charge in [0.05, 0.1) is 11.7 Å². The topological polar surface area (TPSA) is 55.0 Å². The molecule has 100 valence electrons. The molecular weight excluding hydrogens is 224 g/mol. The highest BCUT2D eigenvalue weighted by atomic mass is 15.2. The summed E-state index contributed by atoms with van der Waals surface area (Å²) in [5, 5.41) is 0. The molecule has 1 fully saturated rings. The fraction of sp³-hybridized carbons (Fsp3) is 0.714. The van der Waals surface area contributed by atoms with E-state index in [1.807, 2.05) is 6.07 Å². The molecule has 0 aromatic carbocycles. The molecule has 4 nitrogen and oxygen atoms in total. The highest BCUT2D eigenvalue weighted by Gasteiger charge is 2.27. The molecule has 2 heterocycles. The molecule has 2 N–H and O–H groups in total. The van der Waals surface area contributed by atoms with Crippen LogP contribution in [0.15, 0.2) is 18.6 Å². The lowest BCUT2D eigenvalue weighted by Gasteiger charge is -2.38. The lowest BCUT2D eigenvalue weighted by atomic mass is 9.86. The molecule has 2 rings (SSSR count). The highest BCUT2D eigenvalue weighted by molar-refractivity contribution is 5.06. The average Bonchev–Trinajstić information content (AvgIpc) is 2.41. The van der Waals surface area contributed by atoms with E-state index in [2.05, 4.69) is 28.7 Å². The van der Waals surface area contributed by atoms with Crippen LogP contribution in [0.3, 0.4) is 0 Å². The van der Waals surface area contributed by atoms with Crippen LogP contribution in [-0.2, 0) is 0 Å². The van der Waals surface area contributed by atoms with Crippen molar-refractivity contribution in [1.29, 1.82) is 0 Å². The van der Waals surface area contributed by atoms with Crippen molar-refractivity contribution in [2.24, 2.45) is 17.6 Å². The Labute approximate surface area is 110 Å². The summed E-state index contributed by atoms with van der Waals surface area (Å²) in [6.45, 7) is 7.54. The van der Waals surface area contributed by atoms with Gasteiger partial charge in [-0.05, 0) is 43.8 Å². The Bertz CT molecular complexity index is 344. The summed E-state index contributed by atoms with van der Waals surface area (Å²) in [5.74, 6) is 1.66. The number of nitrogens with zero attached hydrogens (tertiary/aromatic N) is 3. The van der Waals surface area contributed by atoms with E-state index in [1.165, 1.54) is 12.8 Å². The quantitative estimate of drug-likeness (QED) is 0.883. The summed E-state index contributed by atoms with van der Waals surface area (Å²) in [4.78, 5) is 10.8. The van der Waals surface area contributed by atoms with Crippen LogP contribution in [0.25, 0.3) is 0 Å². The molecule has 1 saturated heterocycles. The van der Waals surface area contributed by atoms with Crippen molar-refractivity contribution in [3.8, 4) is 0 Å². The molecule has 18 heavy (non-hydrogen) atoms. The minimum absolute atomic E-state index is 0.251. The molecule has 0 bridgehead atoms. The smallest absolute Gasteiger partial charge is 0.115 e. The number of hydrogen-bond donors (Lipinski definition) is 1. The summed E-state index contributed by atoms with van der Waals surface area (Å²) >= 11 is 0. The Morgan fingerprint density at radius 2 is 2.11 bits per heavy atom. The first-order valence-corrected chi connectivity index (χ1v) is 6.92. The molecule has 1 aliphatic rings. The van der Waals surface area contributed by atoms with Crippen LogP contribution in [0.4, 0.5) is 0 Å². The van der Waals surface area contributed by atoms with Crippen molar-refractivity contribution >= 4 is 0 Å². The van der Waals surface area contributed by atoms with Gasteiger partial charge in [0.15, 0.2) is 0 Å². The largest absolute Gasteiger partial charge is 0.329 e. The van der Waals surface area contributed by atoms with Crippen molar-refractivity contribution in [2.75, 3.05) is 19.6 Å². The van der Waals surface area contributed by atoms with Gasteiger partial charge >= 0.3 is 0 Å². The van der Waals surface area contributed by atoms with Crippen LogP contribution in [0.2, 0.25) is 0 Å². The van der Waals surface area contributed by atoms with Gasteiger partial charge in [-0.1, -0.05) is 13.8 Å². The minimum atomic E-state index is 0.251. The van der Waals surface area contributed by atoms with E-state index in [-0.39, 0.29) is 6.04 Å². The monoisotopic (exact) mass is 248 g/mol. The van der Waals surface area contributed by atoms with E-state index in [4.69, 9.17) is 5.73 Å². The van der Waals surface area contributed by atoms with Crippen LogP contribution in [0, 0.1) is 11.8 Å². The lowest BCUT2D eigenvalue weighted by Crippen LogP contribution is -2.41. The molecule has 0 radical (unpaired) electrons. The van der Waals surface area contributed by atoms with Crippen LogP contribution >= 0.6 is 0 Å². The van der Waals surface area contributed by atoms with Gasteiger partial charge in [0.2, 0.25) is 0 Å². The second-order valence-electron chi connectivity index (χ2n) is 5.50. The summed E-state index contributed by atoms with van der Waals surface area (Å²) < 4.78 is 0. The molecule has 4 heteroatoms. The second-order valence-corrected chi connectivity index (χ2v) is 5.50. The first-order chi connectivity index (χ1) is 8.72. The highest BCUT2D eigenvalue weighted by Crippen LogP contribution is 2.28. The fourth-order valence-corrected chi connectivity index (χ4v) is 2.85. The summed E-state index contributed by atoms with van der Waals surface area (Å²) in [7, 11) is 0. The van der Waals surface area contributed by atoms with Gasteiger partial charge in [-0.15, -0.1) is 0 Å². The number of aromatic nitrogens is 2. The minimum Gasteiger partial charge on any atom is -0.329 e. The zero-order valence-electron chi connectivity index (χ0n) is 11.4. The molecule has 1 aliphatic heterocycles. The second kappa shape index (κ2) is 6.25. The Morgan fingerprint density at radius 1 is 1.39 bits per heavy atom. The molecule has 1 aromatic rings. The molecular formula is C14H24N4. The standard InChI is InChI=1S/C14H24N4/c1-11(2)12-4-7-18(8-5-12)14(9-15)13-3-6-16-10-17-13/h3,6,10-12,14H,4-5,7-9,15H2,1-2H3. The predicted octanol–water partition coefficient (Wildman–Crippen LogP) is 1.84. The normalized spacial score (nSPS) is 20.2. The van der Waals surface area contributed by atoms with Crippen LogP contribution in [-0.4, -0.2) is 34.5 Å². The van der Waals surface area contributed by atoms with Gasteiger partial charge in [-0.3, -0.25) is 4.90 Å². The summed E-state index contributed by atoms with van der Waals surface area (Å²) in [6, 6.07) is 2.23. The first kappa shape index (κ1) is 13.4. The Morgan fingerprint density at radius 3 is 2.61 bits per heavy atom. The SMILES string of the molecule is CC(C)C1CCN(C(CN)c2ccncn2)CC1. The van der Waals surface area contributed by atoms with Crippen molar-refractivity contribution < 1.29 is 0 Å². The van der Waals surface area contributed by atoms with Gasteiger partial charge < -0.3 is 5.73 Å². The molecule has 0 saturated carbocycles. The lowest BCUT2D eigenvalue weighted by molar-refractivity contribution is 0.115. The number of nitrogens with two attached hydrogens (primary N) is 1. The zero-order chi connectivity index (χ0) is 13.0. The van der Waals surface area contributed by atoms with Gasteiger partial charge in [0.25, 0.3) is 0 Å². The van der Waals surface area contributed by atoms with Crippen molar-refractivity contribution in [1.82, 2.24) is 14.9 Å². The van der Waals surface area contributed by atoms with Gasteiger partial charge in [0, 0.05) is 12.7 Å². The Kier molecular flexibility index (Phi) is 4.66. The third-order valence-corrected chi connectivity index (χ3v) is 4.13. The average molecular weight is 248 g/mol. The van der Waals surface area contributed by atoms with E-state index < -0.39 is 0 Å². The van der Waals surface area contributed by atoms with Crippen molar-refractivity contribution in [2.45, 2.75) is 32.7 Å². The molecule has 1 aromatic heterocycles. The Balaban J connectivity index is 1.99. The number of likely N-dealkylation sites (tertiary alicyclic amines) is 1. The summed E-state index contributed by atoms with van der Waals surface area (Å²) in [6.07, 6.45) is 5.96. The predicted molar refractivity (Wildman–Crippen MR) is 73.0 cm³/mol. The number of hydrogen-bond acceptors (Lipinski definition) is 4. The maximum atomic E-state index is 5.93.